The highest BCUT2D eigenvalue weighted by atomic mass is 35.5. The second-order valence-electron chi connectivity index (χ2n) is 5.20. The van der Waals surface area contributed by atoms with Crippen molar-refractivity contribution in [3.63, 3.8) is 0 Å². The molecule has 0 bridgehead atoms. The maximum atomic E-state index is 12.9. The van der Waals surface area contributed by atoms with Crippen molar-refractivity contribution in [2.45, 2.75) is 0 Å². The number of urea groups is 1. The summed E-state index contributed by atoms with van der Waals surface area (Å²) in [6.07, 6.45) is 1.27. The van der Waals surface area contributed by atoms with Crippen LogP contribution in [0.2, 0.25) is 20.1 Å². The molecule has 3 N–H and O–H groups in total. The van der Waals surface area contributed by atoms with Crippen molar-refractivity contribution in [3.8, 4) is 0 Å². The molecular formula is C16H7Cl4N3O3. The topological polar surface area (TPSA) is 102 Å². The lowest BCUT2D eigenvalue weighted by Gasteiger charge is -2.21. The molecule has 0 atom stereocenters. The Morgan fingerprint density at radius 2 is 1.46 bits per heavy atom. The summed E-state index contributed by atoms with van der Waals surface area (Å²) in [5.41, 5.74) is 7.43. The van der Waals surface area contributed by atoms with Crippen molar-refractivity contribution in [1.29, 1.82) is 0 Å². The number of hydrazone groups is 1. The fourth-order valence-corrected chi connectivity index (χ4v) is 3.55. The van der Waals surface area contributed by atoms with Gasteiger partial charge in [0.2, 0.25) is 0 Å². The lowest BCUT2D eigenvalue weighted by molar-refractivity contribution is 0.0979. The maximum Gasteiger partial charge on any atom is 0.332 e. The Kier molecular flexibility index (Phi) is 4.94. The molecule has 0 fully saturated rings. The van der Waals surface area contributed by atoms with Gasteiger partial charge >= 0.3 is 6.03 Å². The van der Waals surface area contributed by atoms with E-state index in [-0.39, 0.29) is 42.3 Å². The van der Waals surface area contributed by atoms with Gasteiger partial charge in [-0.3, -0.25) is 9.59 Å². The van der Waals surface area contributed by atoms with E-state index >= 15 is 0 Å². The molecular weight excluding hydrogens is 424 g/mol. The zero-order valence-electron chi connectivity index (χ0n) is 12.6. The van der Waals surface area contributed by atoms with Gasteiger partial charge in [-0.05, 0) is 17.7 Å². The lowest BCUT2D eigenvalue weighted by atomic mass is 9.83. The van der Waals surface area contributed by atoms with E-state index in [1.165, 1.54) is 24.4 Å². The summed E-state index contributed by atoms with van der Waals surface area (Å²) in [4.78, 5) is 36.3. The minimum absolute atomic E-state index is 0.0830. The molecule has 26 heavy (non-hydrogen) atoms. The molecule has 2 aromatic carbocycles. The Bertz CT molecular complexity index is 1030. The molecule has 0 spiro atoms. The number of hydrogen-bond acceptors (Lipinski definition) is 4. The summed E-state index contributed by atoms with van der Waals surface area (Å²) in [6.45, 7) is 0. The molecule has 0 heterocycles. The van der Waals surface area contributed by atoms with Crippen LogP contribution < -0.4 is 11.2 Å². The Balaban J connectivity index is 2.17. The number of ketones is 2. The number of hydrogen-bond donors (Lipinski definition) is 2. The molecule has 0 saturated heterocycles. The van der Waals surface area contributed by atoms with Gasteiger partial charge in [0.25, 0.3) is 0 Å². The van der Waals surface area contributed by atoms with E-state index in [0.717, 1.165) is 0 Å². The number of carbonyl (C=O) groups excluding carboxylic acids is 3. The van der Waals surface area contributed by atoms with Gasteiger partial charge in [-0.2, -0.15) is 5.10 Å². The highest BCUT2D eigenvalue weighted by molar-refractivity contribution is 6.55. The van der Waals surface area contributed by atoms with Gasteiger partial charge in [0.15, 0.2) is 11.6 Å². The van der Waals surface area contributed by atoms with Crippen LogP contribution in [0.25, 0.3) is 0 Å². The van der Waals surface area contributed by atoms with Gasteiger partial charge in [-0.15, -0.1) is 0 Å². The summed E-state index contributed by atoms with van der Waals surface area (Å²) in [5, 5.41) is 3.13. The van der Waals surface area contributed by atoms with Crippen molar-refractivity contribution < 1.29 is 14.4 Å². The third-order valence-corrected chi connectivity index (χ3v) is 5.44. The quantitative estimate of drug-likeness (QED) is 0.277. The second kappa shape index (κ2) is 6.89. The molecule has 10 heteroatoms. The predicted molar refractivity (Wildman–Crippen MR) is 100 cm³/mol. The zero-order valence-corrected chi connectivity index (χ0v) is 15.6. The van der Waals surface area contributed by atoms with Gasteiger partial charge in [0.05, 0.1) is 37.4 Å². The first kappa shape index (κ1) is 18.7. The molecule has 3 rings (SSSR count). The van der Waals surface area contributed by atoms with Gasteiger partial charge in [-0.1, -0.05) is 52.5 Å². The van der Waals surface area contributed by atoms with E-state index < -0.39 is 17.6 Å². The number of fused-ring (bicyclic) bond motifs is 2. The molecule has 2 aromatic rings. The van der Waals surface area contributed by atoms with Crippen LogP contribution in [0.3, 0.4) is 0 Å². The average Bonchev–Trinajstić information content (AvgIpc) is 2.60. The third kappa shape index (κ3) is 2.95. The van der Waals surface area contributed by atoms with Crippen molar-refractivity contribution in [3.05, 3.63) is 66.1 Å². The highest BCUT2D eigenvalue weighted by Gasteiger charge is 2.36. The monoisotopic (exact) mass is 429 g/mol. The highest BCUT2D eigenvalue weighted by Crippen LogP contribution is 2.45. The number of nitrogens with one attached hydrogen (secondary N) is 1. The number of amides is 2. The SMILES string of the molecule is NC(=O)N/N=C/c1ccc2c(c1)C(=O)c1c(Cl)c(Cl)c(Cl)c(Cl)c1C2=O. The Morgan fingerprint density at radius 1 is 0.923 bits per heavy atom. The normalized spacial score (nSPS) is 12.9. The van der Waals surface area contributed by atoms with Crippen LogP contribution in [0.4, 0.5) is 4.79 Å². The first-order valence-electron chi connectivity index (χ1n) is 6.92. The number of rotatable bonds is 2. The van der Waals surface area contributed by atoms with Crippen LogP contribution in [0.1, 0.15) is 37.4 Å². The molecule has 132 valence electrons. The molecule has 1 aliphatic rings. The van der Waals surface area contributed by atoms with Crippen LogP contribution in [0.15, 0.2) is 23.3 Å². The number of halogens is 4. The fourth-order valence-electron chi connectivity index (χ4n) is 2.53. The smallest absolute Gasteiger partial charge is 0.332 e. The summed E-state index contributed by atoms with van der Waals surface area (Å²) in [6, 6.07) is 3.56. The molecule has 0 aromatic heterocycles. The van der Waals surface area contributed by atoms with Crippen LogP contribution in [0, 0.1) is 0 Å². The van der Waals surface area contributed by atoms with Crippen molar-refractivity contribution in [1.82, 2.24) is 5.43 Å². The average molecular weight is 431 g/mol. The maximum absolute atomic E-state index is 12.9. The van der Waals surface area contributed by atoms with E-state index in [2.05, 4.69) is 5.10 Å². The van der Waals surface area contributed by atoms with Gasteiger partial charge in [0.1, 0.15) is 0 Å². The molecule has 0 saturated carbocycles. The third-order valence-electron chi connectivity index (χ3n) is 3.64. The van der Waals surface area contributed by atoms with E-state index in [1.54, 1.807) is 0 Å². The fraction of sp³-hybridized carbons (Fsp3) is 0. The molecule has 0 radical (unpaired) electrons. The van der Waals surface area contributed by atoms with Gasteiger partial charge < -0.3 is 5.73 Å². The lowest BCUT2D eigenvalue weighted by Crippen LogP contribution is -2.24. The summed E-state index contributed by atoms with van der Waals surface area (Å²) in [7, 11) is 0. The molecule has 0 unspecified atom stereocenters. The van der Waals surface area contributed by atoms with Crippen LogP contribution in [-0.2, 0) is 0 Å². The van der Waals surface area contributed by atoms with Crippen LogP contribution in [-0.4, -0.2) is 23.8 Å². The largest absolute Gasteiger partial charge is 0.350 e. The Hall–Kier alpha value is -2.12. The number of carbonyl (C=O) groups is 3. The van der Waals surface area contributed by atoms with Crippen molar-refractivity contribution in [2.75, 3.05) is 0 Å². The summed E-state index contributed by atoms with van der Waals surface area (Å²) in [5.74, 6) is -1.03. The van der Waals surface area contributed by atoms with Crippen molar-refractivity contribution in [2.24, 2.45) is 10.8 Å². The Morgan fingerprint density at radius 3 is 2.00 bits per heavy atom. The first-order chi connectivity index (χ1) is 12.2. The van der Waals surface area contributed by atoms with Crippen molar-refractivity contribution >= 4 is 70.2 Å². The zero-order chi connectivity index (χ0) is 19.2. The number of nitrogens with zero attached hydrogens (tertiary/aromatic N) is 1. The standard InChI is InChI=1S/C16H7Cl4N3O3/c17-10-8-9(11(18)13(20)12(10)19)15(25)7-3-5(4-22-23-16(21)26)1-2-6(7)14(8)24/h1-4H,(H3,21,23,26)/b22-4+. The number of benzene rings is 2. The van der Waals surface area contributed by atoms with Crippen LogP contribution in [0.5, 0.6) is 0 Å². The second-order valence-corrected chi connectivity index (χ2v) is 6.72. The van der Waals surface area contributed by atoms with Gasteiger partial charge in [0, 0.05) is 11.1 Å². The minimum Gasteiger partial charge on any atom is -0.350 e. The molecule has 2 amide bonds. The van der Waals surface area contributed by atoms with Crippen LogP contribution >= 0.6 is 46.4 Å². The van der Waals surface area contributed by atoms with E-state index in [4.69, 9.17) is 52.1 Å². The van der Waals surface area contributed by atoms with E-state index in [9.17, 15) is 14.4 Å². The predicted octanol–water partition coefficient (Wildman–Crippen LogP) is 4.08. The van der Waals surface area contributed by atoms with E-state index in [1.807, 2.05) is 5.43 Å². The Labute approximate surface area is 166 Å². The molecule has 6 nitrogen and oxygen atoms in total. The van der Waals surface area contributed by atoms with E-state index in [0.29, 0.717) is 5.56 Å². The molecule has 0 aliphatic heterocycles. The van der Waals surface area contributed by atoms with Gasteiger partial charge in [-0.25, -0.2) is 10.2 Å². The number of nitrogens with two attached hydrogens (primary N) is 1. The number of primary amides is 1. The molecule has 1 aliphatic carbocycles. The summed E-state index contributed by atoms with van der Waals surface area (Å²) >= 11 is 24.3. The minimum atomic E-state index is -0.840. The summed E-state index contributed by atoms with van der Waals surface area (Å²) < 4.78 is 0. The first-order valence-corrected chi connectivity index (χ1v) is 8.43.